The molecular weight excluding hydrogens is 240 g/mol. The van der Waals surface area contributed by atoms with Crippen molar-refractivity contribution in [2.24, 2.45) is 0 Å². The lowest BCUT2D eigenvalue weighted by atomic mass is 10.1. The summed E-state index contributed by atoms with van der Waals surface area (Å²) in [6, 6.07) is 0. The second-order valence-corrected chi connectivity index (χ2v) is 4.89. The van der Waals surface area contributed by atoms with E-state index < -0.39 is 0 Å². The number of hydrogen-bond donors (Lipinski definition) is 2. The van der Waals surface area contributed by atoms with Crippen molar-refractivity contribution in [2.45, 2.75) is 57.8 Å². The van der Waals surface area contributed by atoms with Crippen LogP contribution in [-0.4, -0.2) is 38.8 Å². The molecule has 0 radical (unpaired) electrons. The van der Waals surface area contributed by atoms with Gasteiger partial charge in [-0.05, 0) is 25.9 Å². The first kappa shape index (κ1) is 18.3. The van der Waals surface area contributed by atoms with Gasteiger partial charge in [-0.3, -0.25) is 0 Å². The molecule has 0 unspecified atom stereocenters. The van der Waals surface area contributed by atoms with Crippen molar-refractivity contribution in [1.82, 2.24) is 10.6 Å². The van der Waals surface area contributed by atoms with Crippen LogP contribution in [0.1, 0.15) is 57.8 Å². The smallest absolute Gasteiger partial charge is 0.121 e. The molecule has 0 aliphatic rings. The van der Waals surface area contributed by atoms with Gasteiger partial charge in [-0.15, -0.1) is 0 Å². The first-order valence-electron chi connectivity index (χ1n) is 7.70. The topological polar surface area (TPSA) is 58.2 Å². The van der Waals surface area contributed by atoms with Gasteiger partial charge in [0.2, 0.25) is 0 Å². The molecule has 0 bridgehead atoms. The first-order valence-corrected chi connectivity index (χ1v) is 7.70. The van der Waals surface area contributed by atoms with Gasteiger partial charge < -0.3 is 20.2 Å². The Kier molecular flexibility index (Phi) is 16.6. The molecule has 0 aromatic rings. The van der Waals surface area contributed by atoms with Crippen LogP contribution in [0.15, 0.2) is 0 Å². The van der Waals surface area contributed by atoms with E-state index in [1.165, 1.54) is 44.9 Å². The highest BCUT2D eigenvalue weighted by molar-refractivity contribution is 5.49. The zero-order chi connectivity index (χ0) is 14.0. The summed E-state index contributed by atoms with van der Waals surface area (Å²) in [7, 11) is 0. The minimum absolute atomic E-state index is 0.626. The van der Waals surface area contributed by atoms with Gasteiger partial charge in [0.1, 0.15) is 12.6 Å². The molecule has 4 heteroatoms. The molecule has 19 heavy (non-hydrogen) atoms. The van der Waals surface area contributed by atoms with Crippen molar-refractivity contribution in [2.75, 3.05) is 26.2 Å². The highest BCUT2D eigenvalue weighted by Gasteiger charge is 1.93. The van der Waals surface area contributed by atoms with Gasteiger partial charge in [0, 0.05) is 25.9 Å². The van der Waals surface area contributed by atoms with Gasteiger partial charge in [0.25, 0.3) is 0 Å². The molecule has 0 aliphatic carbocycles. The van der Waals surface area contributed by atoms with Crippen molar-refractivity contribution in [3.63, 3.8) is 0 Å². The van der Waals surface area contributed by atoms with Crippen LogP contribution in [-0.2, 0) is 9.59 Å². The summed E-state index contributed by atoms with van der Waals surface area (Å²) in [5.74, 6) is 0. The number of nitrogens with one attached hydrogen (secondary N) is 2. The summed E-state index contributed by atoms with van der Waals surface area (Å²) < 4.78 is 0. The fraction of sp³-hybridized carbons (Fsp3) is 0.867. The van der Waals surface area contributed by atoms with E-state index in [-0.39, 0.29) is 0 Å². The number of carbonyl (C=O) groups excluding carboxylic acids is 2. The molecule has 0 heterocycles. The summed E-state index contributed by atoms with van der Waals surface area (Å²) in [6.45, 7) is 3.71. The van der Waals surface area contributed by atoms with Crippen molar-refractivity contribution in [3.05, 3.63) is 0 Å². The standard InChI is InChI=1S/C15H30N2O2/c18-14-8-12-16-10-6-4-2-1-3-5-7-11-17-13-9-15-19/h14-17H,1-13H2. The highest BCUT2D eigenvalue weighted by atomic mass is 16.1. The van der Waals surface area contributed by atoms with E-state index in [2.05, 4.69) is 10.6 Å². The van der Waals surface area contributed by atoms with E-state index in [4.69, 9.17) is 0 Å². The quantitative estimate of drug-likeness (QED) is 0.333. The second kappa shape index (κ2) is 17.3. The lowest BCUT2D eigenvalue weighted by Gasteiger charge is -2.04. The summed E-state index contributed by atoms with van der Waals surface area (Å²) in [4.78, 5) is 20.2. The van der Waals surface area contributed by atoms with E-state index in [1.54, 1.807) is 0 Å². The largest absolute Gasteiger partial charge is 0.316 e. The average molecular weight is 270 g/mol. The van der Waals surface area contributed by atoms with E-state index in [9.17, 15) is 9.59 Å². The summed E-state index contributed by atoms with van der Waals surface area (Å²) >= 11 is 0. The Bertz CT molecular complexity index is 179. The van der Waals surface area contributed by atoms with E-state index in [0.29, 0.717) is 12.8 Å². The fourth-order valence-corrected chi connectivity index (χ4v) is 1.96. The number of hydrogen-bond acceptors (Lipinski definition) is 4. The summed E-state index contributed by atoms with van der Waals surface area (Å²) in [5.41, 5.74) is 0. The van der Waals surface area contributed by atoms with Gasteiger partial charge in [0.15, 0.2) is 0 Å². The third-order valence-corrected chi connectivity index (χ3v) is 3.09. The van der Waals surface area contributed by atoms with E-state index in [1.807, 2.05) is 0 Å². The molecule has 4 nitrogen and oxygen atoms in total. The lowest BCUT2D eigenvalue weighted by molar-refractivity contribution is -0.108. The minimum Gasteiger partial charge on any atom is -0.316 e. The third kappa shape index (κ3) is 17.3. The predicted octanol–water partition coefficient (Wildman–Crippen LogP) is 2.07. The van der Waals surface area contributed by atoms with E-state index >= 15 is 0 Å². The minimum atomic E-state index is 0.626. The zero-order valence-electron chi connectivity index (χ0n) is 12.2. The molecule has 0 rings (SSSR count). The van der Waals surface area contributed by atoms with Gasteiger partial charge in [0.05, 0.1) is 0 Å². The monoisotopic (exact) mass is 270 g/mol. The normalized spacial score (nSPS) is 10.5. The molecule has 0 spiro atoms. The van der Waals surface area contributed by atoms with Crippen LogP contribution >= 0.6 is 0 Å². The third-order valence-electron chi connectivity index (χ3n) is 3.09. The van der Waals surface area contributed by atoms with Crippen molar-refractivity contribution < 1.29 is 9.59 Å². The Morgan fingerprint density at radius 1 is 0.526 bits per heavy atom. The number of unbranched alkanes of at least 4 members (excludes halogenated alkanes) is 6. The van der Waals surface area contributed by atoms with Crippen LogP contribution in [0.25, 0.3) is 0 Å². The maximum atomic E-state index is 10.1. The molecule has 0 aromatic heterocycles. The maximum absolute atomic E-state index is 10.1. The lowest BCUT2D eigenvalue weighted by Crippen LogP contribution is -2.17. The van der Waals surface area contributed by atoms with Crippen LogP contribution in [0.4, 0.5) is 0 Å². The highest BCUT2D eigenvalue weighted by Crippen LogP contribution is 2.06. The number of rotatable bonds is 16. The molecule has 0 aromatic carbocycles. The zero-order valence-corrected chi connectivity index (χ0v) is 12.2. The Morgan fingerprint density at radius 3 is 1.26 bits per heavy atom. The Morgan fingerprint density at radius 2 is 0.895 bits per heavy atom. The Balaban J connectivity index is 2.91. The molecule has 0 aliphatic heterocycles. The summed E-state index contributed by atoms with van der Waals surface area (Å²) in [5, 5.41) is 6.52. The average Bonchev–Trinajstić information content (AvgIpc) is 2.43. The van der Waals surface area contributed by atoms with Crippen LogP contribution in [0.2, 0.25) is 0 Å². The molecule has 112 valence electrons. The molecular formula is C15H30N2O2. The van der Waals surface area contributed by atoms with Gasteiger partial charge in [-0.1, -0.05) is 32.1 Å². The first-order chi connectivity index (χ1) is 9.41. The molecule has 0 saturated carbocycles. The Hall–Kier alpha value is -0.740. The number of aldehydes is 2. The van der Waals surface area contributed by atoms with Crippen LogP contribution in [0.3, 0.4) is 0 Å². The Labute approximate surface area is 117 Å². The van der Waals surface area contributed by atoms with Gasteiger partial charge >= 0.3 is 0 Å². The summed E-state index contributed by atoms with van der Waals surface area (Å²) in [6.07, 6.45) is 12.1. The van der Waals surface area contributed by atoms with Crippen molar-refractivity contribution in [3.8, 4) is 0 Å². The fourth-order valence-electron chi connectivity index (χ4n) is 1.96. The van der Waals surface area contributed by atoms with Crippen molar-refractivity contribution >= 4 is 12.6 Å². The van der Waals surface area contributed by atoms with E-state index in [0.717, 1.165) is 38.8 Å². The van der Waals surface area contributed by atoms with Crippen LogP contribution in [0, 0.1) is 0 Å². The van der Waals surface area contributed by atoms with Crippen LogP contribution in [0.5, 0.6) is 0 Å². The molecule has 0 fully saturated rings. The van der Waals surface area contributed by atoms with Crippen LogP contribution < -0.4 is 10.6 Å². The van der Waals surface area contributed by atoms with Gasteiger partial charge in [-0.2, -0.15) is 0 Å². The molecule has 0 atom stereocenters. The molecule has 0 amide bonds. The molecule has 0 saturated heterocycles. The van der Waals surface area contributed by atoms with Gasteiger partial charge in [-0.25, -0.2) is 0 Å². The predicted molar refractivity (Wildman–Crippen MR) is 79.4 cm³/mol. The SMILES string of the molecule is O=CCCNCCCCCCCCCNCCC=O. The van der Waals surface area contributed by atoms with Crippen molar-refractivity contribution in [1.29, 1.82) is 0 Å². The second-order valence-electron chi connectivity index (χ2n) is 4.89. The maximum Gasteiger partial charge on any atom is 0.121 e. The number of carbonyl (C=O) groups is 2. The molecule has 2 N–H and O–H groups in total.